The summed E-state index contributed by atoms with van der Waals surface area (Å²) in [7, 11) is 3.46. The third kappa shape index (κ3) is 1.89. The highest BCUT2D eigenvalue weighted by Gasteiger charge is 2.23. The predicted octanol–water partition coefficient (Wildman–Crippen LogP) is 2.46. The highest BCUT2D eigenvalue weighted by Crippen LogP contribution is 2.33. The average Bonchev–Trinajstić information content (AvgIpc) is 2.74. The van der Waals surface area contributed by atoms with Gasteiger partial charge in [0, 0.05) is 20.1 Å². The summed E-state index contributed by atoms with van der Waals surface area (Å²) in [5.74, 6) is -1.54. The lowest BCUT2D eigenvalue weighted by Crippen LogP contribution is -2.20. The second kappa shape index (κ2) is 4.37. The molecule has 1 aliphatic heterocycles. The van der Waals surface area contributed by atoms with Crippen molar-refractivity contribution >= 4 is 5.69 Å². The van der Waals surface area contributed by atoms with Crippen molar-refractivity contribution in [3.8, 4) is 0 Å². The molecule has 0 saturated carbocycles. The van der Waals surface area contributed by atoms with Gasteiger partial charge in [0.05, 0.1) is 5.69 Å². The van der Waals surface area contributed by atoms with E-state index < -0.39 is 11.6 Å². The van der Waals surface area contributed by atoms with Crippen molar-refractivity contribution in [2.45, 2.75) is 18.9 Å². The lowest BCUT2D eigenvalue weighted by molar-refractivity contribution is 0.504. The number of hydrogen-bond acceptors (Lipinski definition) is 2. The molecule has 0 bridgehead atoms. The number of hydrogen-bond donors (Lipinski definition) is 1. The maximum absolute atomic E-state index is 13.7. The van der Waals surface area contributed by atoms with Crippen molar-refractivity contribution in [3.05, 3.63) is 29.3 Å². The molecular formula is C12H16F2N2. The summed E-state index contributed by atoms with van der Waals surface area (Å²) in [6.07, 6.45) is 2.06. The first-order chi connectivity index (χ1) is 7.61. The van der Waals surface area contributed by atoms with Crippen LogP contribution in [0.25, 0.3) is 0 Å². The summed E-state index contributed by atoms with van der Waals surface area (Å²) in [6.45, 7) is 0.941. The Hall–Kier alpha value is -1.16. The third-order valence-corrected chi connectivity index (χ3v) is 2.98. The van der Waals surface area contributed by atoms with E-state index in [2.05, 4.69) is 5.32 Å². The van der Waals surface area contributed by atoms with Gasteiger partial charge in [-0.3, -0.25) is 0 Å². The Morgan fingerprint density at radius 1 is 1.31 bits per heavy atom. The minimum Gasteiger partial charge on any atom is -0.375 e. The van der Waals surface area contributed by atoms with E-state index in [0.717, 1.165) is 24.9 Å². The lowest BCUT2D eigenvalue weighted by atomic mass is 10.0. The molecule has 0 radical (unpaired) electrons. The molecule has 2 nitrogen and oxygen atoms in total. The van der Waals surface area contributed by atoms with Gasteiger partial charge in [-0.15, -0.1) is 0 Å². The van der Waals surface area contributed by atoms with Crippen LogP contribution < -0.4 is 10.2 Å². The van der Waals surface area contributed by atoms with Gasteiger partial charge in [-0.1, -0.05) is 6.07 Å². The SMILES string of the molecule is CN(C)c1c(C2CCCN2)ccc(F)c1F. The Balaban J connectivity index is 2.47. The van der Waals surface area contributed by atoms with E-state index in [9.17, 15) is 8.78 Å². The molecule has 1 atom stereocenters. The van der Waals surface area contributed by atoms with Gasteiger partial charge in [-0.05, 0) is 31.0 Å². The van der Waals surface area contributed by atoms with Crippen LogP contribution in [-0.4, -0.2) is 20.6 Å². The molecule has 4 heteroatoms. The second-order valence-corrected chi connectivity index (χ2v) is 4.34. The first-order valence-electron chi connectivity index (χ1n) is 5.50. The highest BCUT2D eigenvalue weighted by molar-refractivity contribution is 5.55. The van der Waals surface area contributed by atoms with Crippen LogP contribution in [-0.2, 0) is 0 Å². The molecule has 1 fully saturated rings. The number of nitrogens with zero attached hydrogens (tertiary/aromatic N) is 1. The Bertz CT molecular complexity index is 385. The number of anilines is 1. The number of rotatable bonds is 2. The van der Waals surface area contributed by atoms with Gasteiger partial charge in [0.2, 0.25) is 0 Å². The van der Waals surface area contributed by atoms with E-state index in [0.29, 0.717) is 5.69 Å². The molecule has 0 aromatic heterocycles. The fourth-order valence-corrected chi connectivity index (χ4v) is 2.24. The van der Waals surface area contributed by atoms with Crippen molar-refractivity contribution in [2.75, 3.05) is 25.5 Å². The Labute approximate surface area is 94.3 Å². The molecule has 88 valence electrons. The molecule has 1 N–H and O–H groups in total. The van der Waals surface area contributed by atoms with Gasteiger partial charge >= 0.3 is 0 Å². The molecule has 1 saturated heterocycles. The predicted molar refractivity (Wildman–Crippen MR) is 60.7 cm³/mol. The Morgan fingerprint density at radius 3 is 2.62 bits per heavy atom. The van der Waals surface area contributed by atoms with Crippen molar-refractivity contribution in [1.82, 2.24) is 5.32 Å². The van der Waals surface area contributed by atoms with E-state index in [1.165, 1.54) is 6.07 Å². The smallest absolute Gasteiger partial charge is 0.182 e. The minimum absolute atomic E-state index is 0.146. The molecule has 0 amide bonds. The summed E-state index contributed by atoms with van der Waals surface area (Å²) in [4.78, 5) is 1.63. The third-order valence-electron chi connectivity index (χ3n) is 2.98. The van der Waals surface area contributed by atoms with Crippen LogP contribution in [0.3, 0.4) is 0 Å². The van der Waals surface area contributed by atoms with Crippen LogP contribution in [0.5, 0.6) is 0 Å². The van der Waals surface area contributed by atoms with Gasteiger partial charge in [0.15, 0.2) is 11.6 Å². The number of halogens is 2. The molecule has 0 aliphatic carbocycles. The van der Waals surface area contributed by atoms with E-state index in [-0.39, 0.29) is 6.04 Å². The fourth-order valence-electron chi connectivity index (χ4n) is 2.24. The van der Waals surface area contributed by atoms with Gasteiger partial charge in [0.25, 0.3) is 0 Å². The van der Waals surface area contributed by atoms with Gasteiger partial charge < -0.3 is 10.2 Å². The molecule has 1 heterocycles. The molecule has 2 rings (SSSR count). The molecule has 0 spiro atoms. The van der Waals surface area contributed by atoms with Crippen molar-refractivity contribution in [3.63, 3.8) is 0 Å². The lowest BCUT2D eigenvalue weighted by Gasteiger charge is -2.22. The van der Waals surface area contributed by atoms with Crippen LogP contribution in [0.4, 0.5) is 14.5 Å². The maximum atomic E-state index is 13.7. The summed E-state index contributed by atoms with van der Waals surface area (Å²) in [6, 6.07) is 3.03. The summed E-state index contributed by atoms with van der Waals surface area (Å²) in [5, 5.41) is 3.30. The first-order valence-corrected chi connectivity index (χ1v) is 5.50. The topological polar surface area (TPSA) is 15.3 Å². The number of nitrogens with one attached hydrogen (secondary N) is 1. The van der Waals surface area contributed by atoms with Crippen LogP contribution in [0.1, 0.15) is 24.4 Å². The standard InChI is InChI=1S/C12H16F2N2/c1-16(2)12-8(10-4-3-7-15-10)5-6-9(13)11(12)14/h5-6,10,15H,3-4,7H2,1-2H3. The van der Waals surface area contributed by atoms with Crippen LogP contribution in [0, 0.1) is 11.6 Å². The van der Waals surface area contributed by atoms with E-state index in [1.807, 2.05) is 0 Å². The second-order valence-electron chi connectivity index (χ2n) is 4.34. The molecule has 1 aromatic rings. The highest BCUT2D eigenvalue weighted by atomic mass is 19.2. The molecular weight excluding hydrogens is 210 g/mol. The largest absolute Gasteiger partial charge is 0.375 e. The van der Waals surface area contributed by atoms with Crippen molar-refractivity contribution < 1.29 is 8.78 Å². The monoisotopic (exact) mass is 226 g/mol. The Morgan fingerprint density at radius 2 is 2.06 bits per heavy atom. The number of benzene rings is 1. The zero-order valence-electron chi connectivity index (χ0n) is 9.56. The van der Waals surface area contributed by atoms with E-state index in [1.54, 1.807) is 25.1 Å². The fraction of sp³-hybridized carbons (Fsp3) is 0.500. The van der Waals surface area contributed by atoms with Crippen molar-refractivity contribution in [1.29, 1.82) is 0 Å². The van der Waals surface area contributed by atoms with Gasteiger partial charge in [-0.2, -0.15) is 0 Å². The molecule has 1 unspecified atom stereocenters. The maximum Gasteiger partial charge on any atom is 0.182 e. The zero-order valence-corrected chi connectivity index (χ0v) is 9.56. The minimum atomic E-state index is -0.787. The summed E-state index contributed by atoms with van der Waals surface area (Å²) >= 11 is 0. The molecule has 1 aromatic carbocycles. The molecule has 1 aliphatic rings. The van der Waals surface area contributed by atoms with E-state index in [4.69, 9.17) is 0 Å². The van der Waals surface area contributed by atoms with Gasteiger partial charge in [0.1, 0.15) is 0 Å². The van der Waals surface area contributed by atoms with Crippen molar-refractivity contribution in [2.24, 2.45) is 0 Å². The Kier molecular flexibility index (Phi) is 3.10. The summed E-state index contributed by atoms with van der Waals surface area (Å²) < 4.78 is 26.9. The summed E-state index contributed by atoms with van der Waals surface area (Å²) in [5.41, 5.74) is 1.21. The van der Waals surface area contributed by atoms with Gasteiger partial charge in [-0.25, -0.2) is 8.78 Å². The normalized spacial score (nSPS) is 20.1. The molecule has 16 heavy (non-hydrogen) atoms. The van der Waals surface area contributed by atoms with Crippen LogP contribution >= 0.6 is 0 Å². The average molecular weight is 226 g/mol. The van der Waals surface area contributed by atoms with Crippen LogP contribution in [0.2, 0.25) is 0 Å². The zero-order chi connectivity index (χ0) is 11.7. The first kappa shape index (κ1) is 11.3. The quantitative estimate of drug-likeness (QED) is 0.833. The van der Waals surface area contributed by atoms with Crippen LogP contribution in [0.15, 0.2) is 12.1 Å². The van der Waals surface area contributed by atoms with E-state index >= 15 is 0 Å².